The highest BCUT2D eigenvalue weighted by molar-refractivity contribution is 9.09. The molecule has 6 heteroatoms. The molecule has 0 spiro atoms. The summed E-state index contributed by atoms with van der Waals surface area (Å²) in [6, 6.07) is 0. The van der Waals surface area contributed by atoms with E-state index >= 15 is 0 Å². The minimum absolute atomic E-state index is 0.0470. The number of hydrogen-bond donors (Lipinski definition) is 0. The second-order valence-corrected chi connectivity index (χ2v) is 7.09. The van der Waals surface area contributed by atoms with Crippen LogP contribution in [0.5, 0.6) is 0 Å². The summed E-state index contributed by atoms with van der Waals surface area (Å²) >= 11 is 3.39. The Morgan fingerprint density at radius 1 is 0.478 bits per heavy atom. The third-order valence-electron chi connectivity index (χ3n) is 3.93. The van der Waals surface area contributed by atoms with E-state index in [1.54, 1.807) is 0 Å². The van der Waals surface area contributed by atoms with Crippen molar-refractivity contribution in [3.8, 4) is 0 Å². The van der Waals surface area contributed by atoms with Crippen molar-refractivity contribution >= 4 is 15.9 Å². The molecule has 0 heterocycles. The van der Waals surface area contributed by atoms with Crippen LogP contribution in [0, 0.1) is 0 Å². The molecule has 0 amide bonds. The van der Waals surface area contributed by atoms with E-state index in [-0.39, 0.29) is 32.1 Å². The summed E-state index contributed by atoms with van der Waals surface area (Å²) in [4.78, 5) is 0. The molecule has 0 aliphatic heterocycles. The van der Waals surface area contributed by atoms with Gasteiger partial charge in [0.2, 0.25) is 5.92 Å². The normalized spacial score (nSPS) is 12.8. The SMILES string of the molecule is FC(F)(F)CCCCCC(F)(F)CCCCCCCCCCBr. The van der Waals surface area contributed by atoms with E-state index in [1.165, 1.54) is 25.7 Å². The van der Waals surface area contributed by atoms with Crippen LogP contribution in [0.4, 0.5) is 22.0 Å². The molecule has 0 unspecified atom stereocenters. The molecule has 0 aromatic carbocycles. The first-order valence-electron chi connectivity index (χ1n) is 8.77. The quantitative estimate of drug-likeness (QED) is 0.146. The Kier molecular flexibility index (Phi) is 13.5. The fourth-order valence-corrected chi connectivity index (χ4v) is 2.95. The molecule has 140 valence electrons. The Morgan fingerprint density at radius 2 is 0.826 bits per heavy atom. The molecule has 0 saturated carbocycles. The Bertz CT molecular complexity index is 266. The molecule has 0 fully saturated rings. The van der Waals surface area contributed by atoms with Gasteiger partial charge in [-0.05, 0) is 25.7 Å². The van der Waals surface area contributed by atoms with Crippen molar-refractivity contribution in [2.45, 2.75) is 102 Å². The third-order valence-corrected chi connectivity index (χ3v) is 4.49. The van der Waals surface area contributed by atoms with Crippen LogP contribution in [0.3, 0.4) is 0 Å². The van der Waals surface area contributed by atoms with Crippen molar-refractivity contribution in [2.24, 2.45) is 0 Å². The van der Waals surface area contributed by atoms with Gasteiger partial charge in [0.05, 0.1) is 0 Å². The fourth-order valence-electron chi connectivity index (χ4n) is 2.55. The summed E-state index contributed by atoms with van der Waals surface area (Å²) in [5.74, 6) is -2.71. The van der Waals surface area contributed by atoms with E-state index in [4.69, 9.17) is 0 Å². The number of unbranched alkanes of at least 4 members (excludes halogenated alkanes) is 9. The van der Waals surface area contributed by atoms with E-state index in [9.17, 15) is 22.0 Å². The van der Waals surface area contributed by atoms with Gasteiger partial charge in [-0.3, -0.25) is 0 Å². The monoisotopic (exact) mass is 408 g/mol. The minimum Gasteiger partial charge on any atom is -0.207 e. The molecule has 0 nitrogen and oxygen atoms in total. The van der Waals surface area contributed by atoms with Gasteiger partial charge in [0.1, 0.15) is 0 Å². The van der Waals surface area contributed by atoms with Gasteiger partial charge in [-0.15, -0.1) is 0 Å². The molecule has 0 saturated heterocycles. The van der Waals surface area contributed by atoms with Gasteiger partial charge in [-0.2, -0.15) is 13.2 Å². The average molecular weight is 409 g/mol. The molecule has 0 rings (SSSR count). The summed E-state index contributed by atoms with van der Waals surface area (Å²) in [7, 11) is 0. The predicted molar refractivity (Wildman–Crippen MR) is 89.4 cm³/mol. The van der Waals surface area contributed by atoms with Gasteiger partial charge in [-0.1, -0.05) is 60.9 Å². The maximum atomic E-state index is 13.6. The largest absolute Gasteiger partial charge is 0.389 e. The lowest BCUT2D eigenvalue weighted by Crippen LogP contribution is -2.15. The van der Waals surface area contributed by atoms with Gasteiger partial charge in [0.15, 0.2) is 0 Å². The molecular formula is C17H30BrF5. The van der Waals surface area contributed by atoms with Gasteiger partial charge in [0, 0.05) is 24.6 Å². The topological polar surface area (TPSA) is 0 Å². The lowest BCUT2D eigenvalue weighted by atomic mass is 10.0. The first kappa shape index (κ1) is 23.1. The first-order chi connectivity index (χ1) is 10.8. The number of alkyl halides is 6. The standard InChI is InChI=1S/C17H30BrF5/c18-15-11-6-4-2-1-3-5-8-12-16(19,20)13-9-7-10-14-17(21,22)23/h1-15H2. The first-order valence-corrected chi connectivity index (χ1v) is 9.89. The van der Waals surface area contributed by atoms with Crippen LogP contribution in [0.1, 0.15) is 89.9 Å². The minimum atomic E-state index is -4.17. The lowest BCUT2D eigenvalue weighted by Gasteiger charge is -2.16. The van der Waals surface area contributed by atoms with Crippen molar-refractivity contribution in [3.63, 3.8) is 0 Å². The van der Waals surface area contributed by atoms with Crippen LogP contribution in [0.15, 0.2) is 0 Å². The maximum Gasteiger partial charge on any atom is 0.389 e. The van der Waals surface area contributed by atoms with Crippen molar-refractivity contribution in [2.75, 3.05) is 5.33 Å². The lowest BCUT2D eigenvalue weighted by molar-refractivity contribution is -0.135. The molecule has 23 heavy (non-hydrogen) atoms. The Balaban J connectivity index is 3.43. The smallest absolute Gasteiger partial charge is 0.207 e. The van der Waals surface area contributed by atoms with Crippen LogP contribution in [-0.4, -0.2) is 17.4 Å². The summed E-state index contributed by atoms with van der Waals surface area (Å²) in [6.45, 7) is 0. The molecule has 0 atom stereocenters. The van der Waals surface area contributed by atoms with Crippen molar-refractivity contribution < 1.29 is 22.0 Å². The van der Waals surface area contributed by atoms with E-state index < -0.39 is 18.5 Å². The van der Waals surface area contributed by atoms with Gasteiger partial charge in [-0.25, -0.2) is 8.78 Å². The number of rotatable bonds is 15. The van der Waals surface area contributed by atoms with Crippen LogP contribution in [-0.2, 0) is 0 Å². The average Bonchev–Trinajstić information content (AvgIpc) is 2.44. The van der Waals surface area contributed by atoms with E-state index in [0.29, 0.717) is 6.42 Å². The maximum absolute atomic E-state index is 13.6. The van der Waals surface area contributed by atoms with Crippen molar-refractivity contribution in [1.82, 2.24) is 0 Å². The highest BCUT2D eigenvalue weighted by Gasteiger charge is 2.28. The van der Waals surface area contributed by atoms with E-state index in [1.807, 2.05) is 0 Å². The Labute approximate surface area is 145 Å². The highest BCUT2D eigenvalue weighted by atomic mass is 79.9. The van der Waals surface area contributed by atoms with E-state index in [2.05, 4.69) is 15.9 Å². The predicted octanol–water partition coefficient (Wildman–Crippen LogP) is 8.04. The molecule has 0 aromatic heterocycles. The van der Waals surface area contributed by atoms with Crippen LogP contribution >= 0.6 is 15.9 Å². The molecule has 0 aliphatic carbocycles. The zero-order valence-corrected chi connectivity index (χ0v) is 15.5. The van der Waals surface area contributed by atoms with Crippen molar-refractivity contribution in [1.29, 1.82) is 0 Å². The van der Waals surface area contributed by atoms with Crippen LogP contribution < -0.4 is 0 Å². The second kappa shape index (κ2) is 13.4. The van der Waals surface area contributed by atoms with Gasteiger partial charge in [0.25, 0.3) is 0 Å². The molecule has 0 radical (unpaired) electrons. The molecule has 0 aromatic rings. The number of halogens is 6. The molecule has 0 bridgehead atoms. The van der Waals surface area contributed by atoms with Crippen LogP contribution in [0.2, 0.25) is 0 Å². The zero-order valence-electron chi connectivity index (χ0n) is 13.9. The van der Waals surface area contributed by atoms with Gasteiger partial charge >= 0.3 is 6.18 Å². The third kappa shape index (κ3) is 18.3. The molecule has 0 N–H and O–H groups in total. The Hall–Kier alpha value is 0.130. The fraction of sp³-hybridized carbons (Fsp3) is 1.00. The van der Waals surface area contributed by atoms with E-state index in [0.717, 1.165) is 24.6 Å². The molecular weight excluding hydrogens is 379 g/mol. The van der Waals surface area contributed by atoms with Crippen LogP contribution in [0.25, 0.3) is 0 Å². The highest BCUT2D eigenvalue weighted by Crippen LogP contribution is 2.29. The summed E-state index contributed by atoms with van der Waals surface area (Å²) in [5.41, 5.74) is 0. The zero-order chi connectivity index (χ0) is 17.6. The number of hydrogen-bond acceptors (Lipinski definition) is 0. The van der Waals surface area contributed by atoms with Crippen molar-refractivity contribution in [3.05, 3.63) is 0 Å². The second-order valence-electron chi connectivity index (χ2n) is 6.30. The Morgan fingerprint density at radius 3 is 1.26 bits per heavy atom. The van der Waals surface area contributed by atoms with Gasteiger partial charge < -0.3 is 0 Å². The summed E-state index contributed by atoms with van der Waals surface area (Å²) < 4.78 is 62.9. The summed E-state index contributed by atoms with van der Waals surface area (Å²) in [5, 5.41) is 1.04. The molecule has 0 aliphatic rings. The summed E-state index contributed by atoms with van der Waals surface area (Å²) in [6.07, 6.45) is 3.13.